The first-order valence-electron chi connectivity index (χ1n) is 6.85. The Kier molecular flexibility index (Phi) is 3.48. The Labute approximate surface area is 112 Å². The second kappa shape index (κ2) is 5.27. The maximum absolute atomic E-state index is 12.4. The Morgan fingerprint density at radius 3 is 3.21 bits per heavy atom. The molecule has 0 aromatic carbocycles. The molecule has 2 aliphatic rings. The largest absolute Gasteiger partial charge is 0.364 e. The lowest BCUT2D eigenvalue weighted by atomic mass is 10.0. The number of ether oxygens (including phenoxy) is 1. The third-order valence-electron chi connectivity index (χ3n) is 3.92. The van der Waals surface area contributed by atoms with Crippen molar-refractivity contribution >= 4 is 5.91 Å². The van der Waals surface area contributed by atoms with Gasteiger partial charge in [0.25, 0.3) is 5.91 Å². The van der Waals surface area contributed by atoms with E-state index in [0.29, 0.717) is 13.1 Å². The molecule has 5 heteroatoms. The van der Waals surface area contributed by atoms with Crippen LogP contribution in [0.1, 0.15) is 24.1 Å². The maximum Gasteiger partial charge on any atom is 0.252 e. The van der Waals surface area contributed by atoms with Crippen LogP contribution < -0.4 is 5.73 Å². The molecule has 0 bridgehead atoms. The minimum Gasteiger partial charge on any atom is -0.364 e. The van der Waals surface area contributed by atoms with Crippen molar-refractivity contribution in [1.29, 1.82) is 0 Å². The normalized spacial score (nSPS) is 26.3. The Balaban J connectivity index is 1.66. The van der Waals surface area contributed by atoms with Crippen molar-refractivity contribution in [2.75, 3.05) is 13.1 Å². The number of aromatic nitrogens is 1. The van der Waals surface area contributed by atoms with E-state index in [-0.39, 0.29) is 18.1 Å². The number of hydrogen-bond donors (Lipinski definition) is 1. The number of rotatable bonds is 2. The number of hydrogen-bond acceptors (Lipinski definition) is 4. The molecule has 0 aliphatic carbocycles. The minimum atomic E-state index is -0.299. The molecule has 0 spiro atoms. The van der Waals surface area contributed by atoms with Gasteiger partial charge in [0.15, 0.2) is 0 Å². The van der Waals surface area contributed by atoms with Crippen molar-refractivity contribution in [2.45, 2.75) is 38.0 Å². The zero-order valence-corrected chi connectivity index (χ0v) is 10.9. The summed E-state index contributed by atoms with van der Waals surface area (Å²) in [6, 6.07) is 3.96. The number of carbonyl (C=O) groups is 1. The van der Waals surface area contributed by atoms with Gasteiger partial charge in [0, 0.05) is 37.9 Å². The molecule has 0 saturated carbocycles. The number of nitrogens with two attached hydrogens (primary N) is 1. The topological polar surface area (TPSA) is 68.5 Å². The van der Waals surface area contributed by atoms with E-state index in [1.807, 2.05) is 23.2 Å². The highest BCUT2D eigenvalue weighted by atomic mass is 16.5. The number of pyridine rings is 1. The predicted molar refractivity (Wildman–Crippen MR) is 70.3 cm³/mol. The van der Waals surface area contributed by atoms with Crippen LogP contribution in [-0.2, 0) is 22.5 Å². The molecule has 0 radical (unpaired) electrons. The van der Waals surface area contributed by atoms with Gasteiger partial charge in [0.1, 0.15) is 6.10 Å². The van der Waals surface area contributed by atoms with E-state index >= 15 is 0 Å². The predicted octanol–water partition coefficient (Wildman–Crippen LogP) is 0.473. The summed E-state index contributed by atoms with van der Waals surface area (Å²) >= 11 is 0. The molecule has 2 atom stereocenters. The average Bonchev–Trinajstić information content (AvgIpc) is 2.95. The van der Waals surface area contributed by atoms with Gasteiger partial charge in [-0.3, -0.25) is 9.78 Å². The first-order valence-corrected chi connectivity index (χ1v) is 6.85. The molecule has 2 N–H and O–H groups in total. The van der Waals surface area contributed by atoms with Crippen molar-refractivity contribution < 1.29 is 9.53 Å². The molecule has 3 heterocycles. The summed E-state index contributed by atoms with van der Waals surface area (Å²) in [4.78, 5) is 18.6. The van der Waals surface area contributed by atoms with Crippen LogP contribution in [0, 0.1) is 0 Å². The molecule has 1 amide bonds. The first kappa shape index (κ1) is 12.6. The Morgan fingerprint density at radius 1 is 1.53 bits per heavy atom. The Morgan fingerprint density at radius 2 is 2.42 bits per heavy atom. The molecule has 1 fully saturated rings. The summed E-state index contributed by atoms with van der Waals surface area (Å²) in [7, 11) is 0. The van der Waals surface area contributed by atoms with E-state index in [1.165, 1.54) is 0 Å². The third-order valence-corrected chi connectivity index (χ3v) is 3.92. The van der Waals surface area contributed by atoms with Crippen molar-refractivity contribution in [3.05, 3.63) is 29.6 Å². The molecule has 2 aliphatic heterocycles. The summed E-state index contributed by atoms with van der Waals surface area (Å²) in [6.45, 7) is 1.88. The summed E-state index contributed by atoms with van der Waals surface area (Å²) in [6.07, 6.45) is 4.06. The lowest BCUT2D eigenvalue weighted by Gasteiger charge is -2.30. The summed E-state index contributed by atoms with van der Waals surface area (Å²) < 4.78 is 5.68. The quantitative estimate of drug-likeness (QED) is 0.840. The van der Waals surface area contributed by atoms with Crippen LogP contribution in [0.3, 0.4) is 0 Å². The fraction of sp³-hybridized carbons (Fsp3) is 0.571. The first-order chi connectivity index (χ1) is 9.28. The second-order valence-corrected chi connectivity index (χ2v) is 5.18. The SMILES string of the molecule is NCC1CCC(C(=O)N2CCc3ncccc3C2)O1. The average molecular weight is 261 g/mol. The van der Waals surface area contributed by atoms with Crippen molar-refractivity contribution in [3.63, 3.8) is 0 Å². The Bertz CT molecular complexity index is 478. The third kappa shape index (κ3) is 2.48. The van der Waals surface area contributed by atoms with E-state index in [4.69, 9.17) is 10.5 Å². The maximum atomic E-state index is 12.4. The van der Waals surface area contributed by atoms with Crippen molar-refractivity contribution in [3.8, 4) is 0 Å². The summed E-state index contributed by atoms with van der Waals surface area (Å²) in [5.74, 6) is 0.102. The molecular formula is C14H19N3O2. The van der Waals surface area contributed by atoms with Gasteiger partial charge in [0.2, 0.25) is 0 Å². The molecule has 5 nitrogen and oxygen atoms in total. The van der Waals surface area contributed by atoms with Crippen LogP contribution in [0.15, 0.2) is 18.3 Å². The standard InChI is InChI=1S/C14H19N3O2/c15-8-11-3-4-13(19-11)14(18)17-7-5-12-10(9-17)2-1-6-16-12/h1-2,6,11,13H,3-5,7-9,15H2. The zero-order chi connectivity index (χ0) is 13.2. The highest BCUT2D eigenvalue weighted by Crippen LogP contribution is 2.23. The van der Waals surface area contributed by atoms with Crippen LogP contribution >= 0.6 is 0 Å². The smallest absolute Gasteiger partial charge is 0.252 e. The van der Waals surface area contributed by atoms with Crippen LogP contribution in [0.5, 0.6) is 0 Å². The number of fused-ring (bicyclic) bond motifs is 1. The summed E-state index contributed by atoms with van der Waals surface area (Å²) in [5.41, 5.74) is 7.84. The van der Waals surface area contributed by atoms with E-state index in [2.05, 4.69) is 4.98 Å². The van der Waals surface area contributed by atoms with E-state index in [0.717, 1.165) is 37.1 Å². The molecular weight excluding hydrogens is 242 g/mol. The van der Waals surface area contributed by atoms with Gasteiger partial charge in [-0.15, -0.1) is 0 Å². The number of carbonyl (C=O) groups excluding carboxylic acids is 1. The van der Waals surface area contributed by atoms with Gasteiger partial charge >= 0.3 is 0 Å². The van der Waals surface area contributed by atoms with Gasteiger partial charge < -0.3 is 15.4 Å². The fourth-order valence-corrected chi connectivity index (χ4v) is 2.82. The number of nitrogens with zero attached hydrogens (tertiary/aromatic N) is 2. The van der Waals surface area contributed by atoms with E-state index < -0.39 is 0 Å². The summed E-state index contributed by atoms with van der Waals surface area (Å²) in [5, 5.41) is 0. The lowest BCUT2D eigenvalue weighted by Crippen LogP contribution is -2.42. The minimum absolute atomic E-state index is 0.0488. The highest BCUT2D eigenvalue weighted by molar-refractivity contribution is 5.81. The Hall–Kier alpha value is -1.46. The molecule has 2 unspecified atom stereocenters. The van der Waals surface area contributed by atoms with Gasteiger partial charge in [0.05, 0.1) is 6.10 Å². The molecule has 1 aromatic heterocycles. The highest BCUT2D eigenvalue weighted by Gasteiger charge is 2.34. The van der Waals surface area contributed by atoms with Crippen molar-refractivity contribution in [2.24, 2.45) is 5.73 Å². The molecule has 3 rings (SSSR count). The number of amides is 1. The molecule has 102 valence electrons. The molecule has 1 saturated heterocycles. The monoisotopic (exact) mass is 261 g/mol. The van der Waals surface area contributed by atoms with Crippen molar-refractivity contribution in [1.82, 2.24) is 9.88 Å². The fourth-order valence-electron chi connectivity index (χ4n) is 2.82. The van der Waals surface area contributed by atoms with Gasteiger partial charge in [-0.25, -0.2) is 0 Å². The van der Waals surface area contributed by atoms with E-state index in [9.17, 15) is 4.79 Å². The second-order valence-electron chi connectivity index (χ2n) is 5.18. The van der Waals surface area contributed by atoms with Gasteiger partial charge in [-0.05, 0) is 24.5 Å². The van der Waals surface area contributed by atoms with E-state index in [1.54, 1.807) is 0 Å². The lowest BCUT2D eigenvalue weighted by molar-refractivity contribution is -0.143. The van der Waals surface area contributed by atoms with Crippen LogP contribution in [0.2, 0.25) is 0 Å². The van der Waals surface area contributed by atoms with Gasteiger partial charge in [-0.1, -0.05) is 6.07 Å². The molecule has 1 aromatic rings. The molecule has 19 heavy (non-hydrogen) atoms. The van der Waals surface area contributed by atoms with Gasteiger partial charge in [-0.2, -0.15) is 0 Å². The van der Waals surface area contributed by atoms with Crippen LogP contribution in [0.25, 0.3) is 0 Å². The zero-order valence-electron chi connectivity index (χ0n) is 10.9. The van der Waals surface area contributed by atoms with Crippen LogP contribution in [0.4, 0.5) is 0 Å². The van der Waals surface area contributed by atoms with Crippen LogP contribution in [-0.4, -0.2) is 41.1 Å².